The Morgan fingerprint density at radius 2 is 1.15 bits per heavy atom. The second-order valence-electron chi connectivity index (χ2n) is 11.9. The summed E-state index contributed by atoms with van der Waals surface area (Å²) in [5, 5.41) is 0. The Morgan fingerprint density at radius 1 is 0.659 bits per heavy atom. The summed E-state index contributed by atoms with van der Waals surface area (Å²) < 4.78 is 0. The van der Waals surface area contributed by atoms with Crippen molar-refractivity contribution in [3.63, 3.8) is 0 Å². The van der Waals surface area contributed by atoms with E-state index in [1.165, 1.54) is 27.8 Å². The van der Waals surface area contributed by atoms with Crippen LogP contribution >= 0.6 is 0 Å². The number of hydrogen-bond acceptors (Lipinski definition) is 2. The van der Waals surface area contributed by atoms with E-state index >= 15 is 0 Å². The molecule has 0 aromatic heterocycles. The molecule has 0 bridgehead atoms. The van der Waals surface area contributed by atoms with Crippen LogP contribution in [0, 0.1) is 11.8 Å². The molecule has 0 radical (unpaired) electrons. The molecule has 1 heterocycles. The first kappa shape index (κ1) is 28.8. The summed E-state index contributed by atoms with van der Waals surface area (Å²) in [4.78, 5) is 18.6. The van der Waals surface area contributed by atoms with Crippen LogP contribution in [-0.4, -0.2) is 34.8 Å². The number of likely N-dealkylation sites (tertiary alicyclic amines) is 1. The van der Waals surface area contributed by atoms with E-state index in [2.05, 4.69) is 139 Å². The van der Waals surface area contributed by atoms with Crippen LogP contribution < -0.4 is 0 Å². The summed E-state index contributed by atoms with van der Waals surface area (Å²) in [6, 6.07) is 41.4. The SMILES string of the molecule is CC(C)[C@H](CC(Cc1ccc(-c2ccccc2)cc1)N(Cc1ccccc1)Cc1ccccc1)C(=O)N1CCCC1. The van der Waals surface area contributed by atoms with Crippen LogP contribution in [0.1, 0.15) is 49.8 Å². The molecule has 5 rings (SSSR count). The van der Waals surface area contributed by atoms with Crippen molar-refractivity contribution in [3.05, 3.63) is 132 Å². The van der Waals surface area contributed by atoms with Crippen molar-refractivity contribution in [2.45, 2.75) is 58.7 Å². The molecule has 1 aliphatic heterocycles. The van der Waals surface area contributed by atoms with Gasteiger partial charge >= 0.3 is 0 Å². The molecular weight excluding hydrogens is 500 g/mol. The van der Waals surface area contributed by atoms with Gasteiger partial charge in [0.25, 0.3) is 0 Å². The van der Waals surface area contributed by atoms with Crippen LogP contribution in [0.25, 0.3) is 11.1 Å². The van der Waals surface area contributed by atoms with Crippen LogP contribution in [0.3, 0.4) is 0 Å². The Hall–Kier alpha value is -3.69. The molecule has 3 nitrogen and oxygen atoms in total. The topological polar surface area (TPSA) is 23.6 Å². The highest BCUT2D eigenvalue weighted by molar-refractivity contribution is 5.79. The molecule has 41 heavy (non-hydrogen) atoms. The minimum absolute atomic E-state index is 0.00994. The molecule has 1 aliphatic rings. The Balaban J connectivity index is 1.46. The average Bonchev–Trinajstić information content (AvgIpc) is 3.56. The number of amides is 1. The number of benzene rings is 4. The molecule has 1 amide bonds. The van der Waals surface area contributed by atoms with E-state index in [4.69, 9.17) is 0 Å². The molecule has 0 spiro atoms. The highest BCUT2D eigenvalue weighted by atomic mass is 16.2. The smallest absolute Gasteiger partial charge is 0.225 e. The van der Waals surface area contributed by atoms with Gasteiger partial charge in [0.1, 0.15) is 0 Å². The van der Waals surface area contributed by atoms with Gasteiger partial charge in [0.05, 0.1) is 0 Å². The first-order valence-electron chi connectivity index (χ1n) is 15.3. The summed E-state index contributed by atoms with van der Waals surface area (Å²) in [5.41, 5.74) is 6.40. The number of carbonyl (C=O) groups excluding carboxylic acids is 1. The monoisotopic (exact) mass is 544 g/mol. The molecule has 0 aliphatic carbocycles. The summed E-state index contributed by atoms with van der Waals surface area (Å²) >= 11 is 0. The largest absolute Gasteiger partial charge is 0.342 e. The first-order chi connectivity index (χ1) is 20.1. The van der Waals surface area contributed by atoms with Crippen molar-refractivity contribution in [2.75, 3.05) is 13.1 Å². The molecule has 1 fully saturated rings. The van der Waals surface area contributed by atoms with Crippen LogP contribution in [0.5, 0.6) is 0 Å². The molecule has 0 saturated carbocycles. The van der Waals surface area contributed by atoms with Crippen molar-refractivity contribution >= 4 is 5.91 Å². The third-order valence-corrected chi connectivity index (χ3v) is 8.57. The Morgan fingerprint density at radius 3 is 1.66 bits per heavy atom. The zero-order chi connectivity index (χ0) is 28.4. The van der Waals surface area contributed by atoms with Crippen molar-refractivity contribution in [1.29, 1.82) is 0 Å². The molecule has 3 heteroatoms. The van der Waals surface area contributed by atoms with Crippen molar-refractivity contribution < 1.29 is 4.79 Å². The number of nitrogens with zero attached hydrogens (tertiary/aromatic N) is 2. The van der Waals surface area contributed by atoms with Crippen molar-refractivity contribution in [2.24, 2.45) is 11.8 Å². The summed E-state index contributed by atoms with van der Waals surface area (Å²) in [6.45, 7) is 7.97. The number of rotatable bonds is 12. The van der Waals surface area contributed by atoms with E-state index in [1.807, 2.05) is 0 Å². The fourth-order valence-corrected chi connectivity index (χ4v) is 6.17. The van der Waals surface area contributed by atoms with Gasteiger partial charge in [-0.05, 0) is 59.4 Å². The van der Waals surface area contributed by atoms with E-state index in [-0.39, 0.29) is 12.0 Å². The number of carbonyl (C=O) groups is 1. The highest BCUT2D eigenvalue weighted by Gasteiger charge is 2.33. The van der Waals surface area contributed by atoms with Crippen molar-refractivity contribution in [3.8, 4) is 11.1 Å². The lowest BCUT2D eigenvalue weighted by Gasteiger charge is -2.36. The Kier molecular flexibility index (Phi) is 10.0. The van der Waals surface area contributed by atoms with Gasteiger partial charge in [-0.1, -0.05) is 129 Å². The number of hydrogen-bond donors (Lipinski definition) is 0. The minimum atomic E-state index is 0.00994. The van der Waals surface area contributed by atoms with Crippen molar-refractivity contribution in [1.82, 2.24) is 9.80 Å². The second-order valence-corrected chi connectivity index (χ2v) is 11.9. The maximum atomic E-state index is 13.8. The molecule has 1 unspecified atom stereocenters. The Bertz CT molecular complexity index is 1290. The first-order valence-corrected chi connectivity index (χ1v) is 15.3. The Labute approximate surface area is 246 Å². The summed E-state index contributed by atoms with van der Waals surface area (Å²) in [7, 11) is 0. The van der Waals surface area contributed by atoms with Gasteiger partial charge in [-0.2, -0.15) is 0 Å². The third kappa shape index (κ3) is 7.95. The zero-order valence-corrected chi connectivity index (χ0v) is 24.7. The van der Waals surface area contributed by atoms with Crippen LogP contribution in [0.4, 0.5) is 0 Å². The minimum Gasteiger partial charge on any atom is -0.342 e. The molecule has 4 aromatic carbocycles. The lowest BCUT2D eigenvalue weighted by atomic mass is 9.85. The molecular formula is C38H44N2O. The molecule has 4 aromatic rings. The zero-order valence-electron chi connectivity index (χ0n) is 24.7. The quantitative estimate of drug-likeness (QED) is 0.179. The normalized spacial score (nSPS) is 14.9. The molecule has 1 saturated heterocycles. The third-order valence-electron chi connectivity index (χ3n) is 8.57. The van der Waals surface area contributed by atoms with Gasteiger partial charge < -0.3 is 4.90 Å². The van der Waals surface area contributed by atoms with Crippen LogP contribution in [0.15, 0.2) is 115 Å². The van der Waals surface area contributed by atoms with E-state index in [1.54, 1.807) is 0 Å². The predicted molar refractivity (Wildman–Crippen MR) is 170 cm³/mol. The standard InChI is InChI=1S/C38H44N2O/c1-30(2)37(38(41)39-24-12-13-25-39)27-36(26-31-20-22-35(23-21-31)34-18-10-5-11-19-34)40(28-32-14-6-3-7-15-32)29-33-16-8-4-9-17-33/h3-11,14-23,30,36-37H,12-13,24-29H2,1-2H3/t36?,37-/m0/s1. The highest BCUT2D eigenvalue weighted by Crippen LogP contribution is 2.29. The van der Waals surface area contributed by atoms with Gasteiger partial charge in [-0.3, -0.25) is 9.69 Å². The fourth-order valence-electron chi connectivity index (χ4n) is 6.17. The van der Waals surface area contributed by atoms with Gasteiger partial charge in [0.15, 0.2) is 0 Å². The maximum absolute atomic E-state index is 13.8. The summed E-state index contributed by atoms with van der Waals surface area (Å²) in [6.07, 6.45) is 4.02. The summed E-state index contributed by atoms with van der Waals surface area (Å²) in [5.74, 6) is 0.651. The fraction of sp³-hybridized carbons (Fsp3) is 0.342. The predicted octanol–water partition coefficient (Wildman–Crippen LogP) is 8.25. The van der Waals surface area contributed by atoms with E-state index in [0.29, 0.717) is 11.8 Å². The average molecular weight is 545 g/mol. The molecule has 212 valence electrons. The molecule has 2 atom stereocenters. The van der Waals surface area contributed by atoms with Crippen LogP contribution in [-0.2, 0) is 24.3 Å². The molecule has 0 N–H and O–H groups in total. The lowest BCUT2D eigenvalue weighted by molar-refractivity contribution is -0.136. The van der Waals surface area contributed by atoms with Gasteiger partial charge in [0, 0.05) is 38.1 Å². The second kappa shape index (κ2) is 14.3. The van der Waals surface area contributed by atoms with E-state index < -0.39 is 0 Å². The van der Waals surface area contributed by atoms with E-state index in [0.717, 1.165) is 51.9 Å². The van der Waals surface area contributed by atoms with Crippen LogP contribution in [0.2, 0.25) is 0 Å². The van der Waals surface area contributed by atoms with E-state index in [9.17, 15) is 4.79 Å². The van der Waals surface area contributed by atoms with Gasteiger partial charge in [-0.15, -0.1) is 0 Å². The lowest BCUT2D eigenvalue weighted by Crippen LogP contribution is -2.43. The maximum Gasteiger partial charge on any atom is 0.225 e. The van der Waals surface area contributed by atoms with Gasteiger partial charge in [0.2, 0.25) is 5.91 Å². The van der Waals surface area contributed by atoms with Gasteiger partial charge in [-0.25, -0.2) is 0 Å².